The smallest absolute Gasteiger partial charge is 0.420 e. The van der Waals surface area contributed by atoms with Crippen molar-refractivity contribution in [3.63, 3.8) is 0 Å². The molecule has 14 heteroatoms. The number of alkyl halides is 6. The zero-order chi connectivity index (χ0) is 44.5. The van der Waals surface area contributed by atoms with Gasteiger partial charge in [0.2, 0.25) is 12.1 Å². The van der Waals surface area contributed by atoms with Crippen LogP contribution in [0.3, 0.4) is 0 Å². The second-order valence-corrected chi connectivity index (χ2v) is 18.7. The lowest BCUT2D eigenvalue weighted by atomic mass is 9.72. The molecule has 2 atom stereocenters. The number of rotatable bonds is 8. The van der Waals surface area contributed by atoms with Gasteiger partial charge in [-0.3, -0.25) is 20.2 Å². The Morgan fingerprint density at radius 2 is 0.850 bits per heavy atom. The second kappa shape index (κ2) is 17.8. The fourth-order valence-electron chi connectivity index (χ4n) is 8.65. The van der Waals surface area contributed by atoms with Crippen LogP contribution in [0.5, 0.6) is 11.5 Å². The van der Waals surface area contributed by atoms with Crippen molar-refractivity contribution in [1.82, 2.24) is 0 Å². The molecule has 0 radical (unpaired) electrons. The molecular weight excluding hydrogens is 791 g/mol. The van der Waals surface area contributed by atoms with Crippen LogP contribution in [0.4, 0.5) is 26.3 Å². The Hall–Kier alpha value is -4.62. The first-order valence-corrected chi connectivity index (χ1v) is 20.6. The molecule has 0 spiro atoms. The minimum atomic E-state index is -4.59. The van der Waals surface area contributed by atoms with Gasteiger partial charge in [0.25, 0.3) is 0 Å². The normalized spacial score (nSPS) is 21.4. The first kappa shape index (κ1) is 46.4. The molecule has 2 fully saturated rings. The van der Waals surface area contributed by atoms with E-state index in [1.165, 1.54) is 62.4 Å². The van der Waals surface area contributed by atoms with Crippen LogP contribution < -0.4 is 9.47 Å². The molecule has 4 aromatic rings. The summed E-state index contributed by atoms with van der Waals surface area (Å²) in [5, 5.41) is 22.7. The van der Waals surface area contributed by atoms with Crippen LogP contribution in [0.15, 0.2) is 60.7 Å². The fraction of sp³-hybridized carbons (Fsp3) is 0.565. The quantitative estimate of drug-likeness (QED) is 0.0993. The van der Waals surface area contributed by atoms with E-state index >= 15 is 0 Å². The lowest BCUT2D eigenvalue weighted by molar-refractivity contribution is -0.524. The van der Waals surface area contributed by atoms with Crippen molar-refractivity contribution in [2.75, 3.05) is 0 Å². The van der Waals surface area contributed by atoms with Crippen molar-refractivity contribution in [2.24, 2.45) is 22.7 Å². The summed E-state index contributed by atoms with van der Waals surface area (Å²) in [7, 11) is 0. The van der Waals surface area contributed by atoms with Crippen LogP contribution >= 0.6 is 0 Å². The SMILES string of the molecule is CC(c1ccc2c(C(F)(F)F)c(O[C@H]3CC[C@H](C(C)(C)C)CC3)ccc2c1)[N+](=O)[O-].CC(c1ccc2c(C(F)(F)F)c(O[C@H]3CC[C@H](C(C)(C)C)CC3)ccc2c1)[N+](=O)[O-]. The second-order valence-electron chi connectivity index (χ2n) is 18.7. The fourth-order valence-corrected chi connectivity index (χ4v) is 8.65. The van der Waals surface area contributed by atoms with Gasteiger partial charge in [-0.05, 0) is 120 Å². The summed E-state index contributed by atoms with van der Waals surface area (Å²) in [6.45, 7) is 16.0. The maximum absolute atomic E-state index is 13.9. The molecule has 2 aliphatic carbocycles. The summed E-state index contributed by atoms with van der Waals surface area (Å²) in [5.74, 6) is 0.754. The molecule has 2 saturated carbocycles. The first-order valence-electron chi connectivity index (χ1n) is 20.6. The standard InChI is InChI=1S/2C23H28F3NO3/c2*1-14(27(28)29)15-5-11-19-16(13-15)6-12-20(21(19)23(24,25)26)30-18-9-7-17(8-10-18)22(2,3)4/h2*5-6,11-14,17-18H,7-10H2,1-4H3/t2*14?,17-,18-. The number of halogens is 6. The number of nitro groups is 2. The lowest BCUT2D eigenvalue weighted by Crippen LogP contribution is -2.31. The van der Waals surface area contributed by atoms with Crippen LogP contribution in [-0.2, 0) is 12.4 Å². The molecule has 2 aliphatic rings. The highest BCUT2D eigenvalue weighted by molar-refractivity contribution is 5.90. The van der Waals surface area contributed by atoms with E-state index < -0.39 is 45.4 Å². The summed E-state index contributed by atoms with van der Waals surface area (Å²) in [5.41, 5.74) is -0.506. The van der Waals surface area contributed by atoms with Crippen molar-refractivity contribution in [3.8, 4) is 11.5 Å². The largest absolute Gasteiger partial charge is 0.490 e. The monoisotopic (exact) mass is 846 g/mol. The van der Waals surface area contributed by atoms with Crippen molar-refractivity contribution in [1.29, 1.82) is 0 Å². The highest BCUT2D eigenvalue weighted by Crippen LogP contribution is 2.46. The molecule has 0 saturated heterocycles. The van der Waals surface area contributed by atoms with Gasteiger partial charge in [0.05, 0.1) is 12.2 Å². The van der Waals surface area contributed by atoms with E-state index in [4.69, 9.17) is 9.47 Å². The van der Waals surface area contributed by atoms with Gasteiger partial charge in [0.1, 0.15) is 22.6 Å². The van der Waals surface area contributed by atoms with E-state index in [1.54, 1.807) is 12.1 Å². The van der Waals surface area contributed by atoms with Gasteiger partial charge in [0, 0.05) is 34.8 Å². The maximum atomic E-state index is 13.9. The van der Waals surface area contributed by atoms with Gasteiger partial charge in [-0.25, -0.2) is 0 Å². The Balaban J connectivity index is 0.000000228. The molecule has 0 heterocycles. The predicted molar refractivity (Wildman–Crippen MR) is 220 cm³/mol. The Labute approximate surface area is 347 Å². The number of fused-ring (bicyclic) bond motifs is 2. The predicted octanol–water partition coefficient (Wildman–Crippen LogP) is 14.4. The third kappa shape index (κ3) is 11.0. The number of hydrogen-bond donors (Lipinski definition) is 0. The zero-order valence-corrected chi connectivity index (χ0v) is 35.5. The molecule has 0 bridgehead atoms. The van der Waals surface area contributed by atoms with Crippen molar-refractivity contribution >= 4 is 21.5 Å². The Kier molecular flexibility index (Phi) is 13.8. The zero-order valence-electron chi connectivity index (χ0n) is 35.5. The lowest BCUT2D eigenvalue weighted by Gasteiger charge is -2.37. The summed E-state index contributed by atoms with van der Waals surface area (Å²) >= 11 is 0. The molecule has 8 nitrogen and oxygen atoms in total. The van der Waals surface area contributed by atoms with Gasteiger partial charge >= 0.3 is 12.4 Å². The average molecular weight is 847 g/mol. The summed E-state index contributed by atoms with van der Waals surface area (Å²) in [6.07, 6.45) is -2.99. The summed E-state index contributed by atoms with van der Waals surface area (Å²) in [4.78, 5) is 21.1. The highest BCUT2D eigenvalue weighted by atomic mass is 19.4. The maximum Gasteiger partial charge on any atom is 0.420 e. The summed E-state index contributed by atoms with van der Waals surface area (Å²) in [6, 6.07) is 12.2. The molecule has 6 rings (SSSR count). The number of hydrogen-bond acceptors (Lipinski definition) is 6. The minimum Gasteiger partial charge on any atom is -0.490 e. The molecule has 0 N–H and O–H groups in total. The van der Waals surface area contributed by atoms with Gasteiger partial charge < -0.3 is 9.47 Å². The molecule has 0 amide bonds. The Morgan fingerprint density at radius 1 is 0.533 bits per heavy atom. The van der Waals surface area contributed by atoms with Gasteiger partial charge in [-0.15, -0.1) is 0 Å². The molecule has 0 aliphatic heterocycles. The molecule has 2 unspecified atom stereocenters. The highest BCUT2D eigenvalue weighted by Gasteiger charge is 2.40. The third-order valence-electron chi connectivity index (χ3n) is 12.6. The third-order valence-corrected chi connectivity index (χ3v) is 12.6. The van der Waals surface area contributed by atoms with Crippen LogP contribution in [-0.4, -0.2) is 22.1 Å². The molecule has 328 valence electrons. The molecular formula is C46H56F6N2O6. The van der Waals surface area contributed by atoms with E-state index in [0.29, 0.717) is 33.7 Å². The van der Waals surface area contributed by atoms with E-state index in [1.807, 2.05) is 0 Å². The van der Waals surface area contributed by atoms with Crippen LogP contribution in [0.1, 0.15) is 141 Å². The van der Waals surface area contributed by atoms with E-state index in [0.717, 1.165) is 51.4 Å². The Morgan fingerprint density at radius 3 is 1.12 bits per heavy atom. The topological polar surface area (TPSA) is 105 Å². The van der Waals surface area contributed by atoms with E-state index in [2.05, 4.69) is 41.5 Å². The number of ether oxygens (including phenoxy) is 2. The van der Waals surface area contributed by atoms with Crippen LogP contribution in [0.25, 0.3) is 21.5 Å². The summed E-state index contributed by atoms with van der Waals surface area (Å²) < 4.78 is 95.4. The van der Waals surface area contributed by atoms with Gasteiger partial charge in [-0.1, -0.05) is 77.9 Å². The molecule has 4 aromatic carbocycles. The minimum absolute atomic E-state index is 0.00248. The van der Waals surface area contributed by atoms with Crippen molar-refractivity contribution < 1.29 is 45.7 Å². The number of nitrogens with zero attached hydrogens (tertiary/aromatic N) is 2. The van der Waals surface area contributed by atoms with Crippen LogP contribution in [0, 0.1) is 42.9 Å². The molecule has 0 aromatic heterocycles. The van der Waals surface area contributed by atoms with Gasteiger partial charge in [-0.2, -0.15) is 26.3 Å². The molecule has 60 heavy (non-hydrogen) atoms. The first-order chi connectivity index (χ1) is 27.8. The van der Waals surface area contributed by atoms with E-state index in [9.17, 15) is 46.6 Å². The Bertz CT molecular complexity index is 2000. The average Bonchev–Trinajstić information content (AvgIpc) is 3.15. The number of benzene rings is 4. The van der Waals surface area contributed by atoms with Crippen LogP contribution in [0.2, 0.25) is 0 Å². The van der Waals surface area contributed by atoms with Crippen molar-refractivity contribution in [3.05, 3.63) is 103 Å². The van der Waals surface area contributed by atoms with E-state index in [-0.39, 0.29) is 45.3 Å². The van der Waals surface area contributed by atoms with Crippen molar-refractivity contribution in [2.45, 2.75) is 143 Å². The van der Waals surface area contributed by atoms with Gasteiger partial charge in [0.15, 0.2) is 0 Å².